The first kappa shape index (κ1) is 22.8. The first-order chi connectivity index (χ1) is 13.6. The third-order valence-corrected chi connectivity index (χ3v) is 6.97. The lowest BCUT2D eigenvalue weighted by atomic mass is 10.2. The van der Waals surface area contributed by atoms with Crippen LogP contribution in [0, 0.1) is 0 Å². The van der Waals surface area contributed by atoms with Gasteiger partial charge in [0.25, 0.3) is 7.52 Å². The summed E-state index contributed by atoms with van der Waals surface area (Å²) in [4.78, 5) is 22.9. The van der Waals surface area contributed by atoms with Crippen molar-refractivity contribution in [1.29, 1.82) is 0 Å². The number of hydrogen-bond acceptors (Lipinski definition) is 5. The summed E-state index contributed by atoms with van der Waals surface area (Å²) >= 11 is 0. The fourth-order valence-corrected chi connectivity index (χ4v) is 5.18. The second-order valence-electron chi connectivity index (χ2n) is 6.72. The lowest BCUT2D eigenvalue weighted by molar-refractivity contribution is -0.120. The topological polar surface area (TPSA) is 80.8 Å². The Bertz CT molecular complexity index is 648. The smallest absolute Gasteiger partial charge is 0.294 e. The van der Waals surface area contributed by atoms with E-state index in [1.807, 2.05) is 19.1 Å². The van der Waals surface area contributed by atoms with Gasteiger partial charge in [-0.2, -0.15) is 0 Å². The lowest BCUT2D eigenvalue weighted by Crippen LogP contribution is -2.29. The van der Waals surface area contributed by atoms with Crippen molar-refractivity contribution in [2.75, 3.05) is 32.5 Å². The summed E-state index contributed by atoms with van der Waals surface area (Å²) in [7, 11) is -2.88. The van der Waals surface area contributed by atoms with Crippen LogP contribution >= 0.6 is 7.52 Å². The van der Waals surface area contributed by atoms with E-state index in [0.717, 1.165) is 44.1 Å². The van der Waals surface area contributed by atoms with Crippen molar-refractivity contribution >= 4 is 19.5 Å². The van der Waals surface area contributed by atoms with Gasteiger partial charge >= 0.3 is 0 Å². The van der Waals surface area contributed by atoms with Crippen LogP contribution in [0.15, 0.2) is 30.6 Å². The van der Waals surface area contributed by atoms with E-state index in [1.54, 1.807) is 23.3 Å². The predicted octanol–water partition coefficient (Wildman–Crippen LogP) is 4.03. The van der Waals surface area contributed by atoms with Crippen LogP contribution < -0.4 is 5.32 Å². The zero-order valence-electron chi connectivity index (χ0n) is 16.7. The Balaban J connectivity index is 1.58. The van der Waals surface area contributed by atoms with Crippen LogP contribution in [0.4, 0.5) is 0 Å². The monoisotopic (exact) mass is 409 g/mol. The summed E-state index contributed by atoms with van der Waals surface area (Å²) in [6.07, 6.45) is 12.8. The minimum Gasteiger partial charge on any atom is -0.353 e. The van der Waals surface area contributed by atoms with Gasteiger partial charge in [-0.25, -0.2) is 0 Å². The molecule has 0 bridgehead atoms. The molecule has 1 atom stereocenters. The summed E-state index contributed by atoms with van der Waals surface area (Å²) in [6.45, 7) is 4.22. The number of hydroxylamine groups is 1. The molecule has 1 aromatic heterocycles. The molecular formula is C20H32N3O4P. The van der Waals surface area contributed by atoms with E-state index in [9.17, 15) is 9.36 Å². The molecule has 28 heavy (non-hydrogen) atoms. The number of carbonyl (C=O) groups is 1. The molecule has 0 spiro atoms. The van der Waals surface area contributed by atoms with E-state index in [-0.39, 0.29) is 5.91 Å². The van der Waals surface area contributed by atoms with Crippen LogP contribution in [0.3, 0.4) is 0 Å². The molecule has 1 unspecified atom stereocenters. The third kappa shape index (κ3) is 8.23. The fourth-order valence-electron chi connectivity index (χ4n) is 2.97. The highest BCUT2D eigenvalue weighted by atomic mass is 31.2. The van der Waals surface area contributed by atoms with E-state index in [0.29, 0.717) is 32.5 Å². The molecule has 0 saturated carbocycles. The molecule has 1 saturated heterocycles. The van der Waals surface area contributed by atoms with Gasteiger partial charge in [-0.15, -0.1) is 4.83 Å². The van der Waals surface area contributed by atoms with Crippen molar-refractivity contribution in [3.63, 3.8) is 0 Å². The third-order valence-electron chi connectivity index (χ3n) is 4.43. The highest BCUT2D eigenvalue weighted by Crippen LogP contribution is 2.52. The second kappa shape index (κ2) is 12.8. The van der Waals surface area contributed by atoms with Gasteiger partial charge in [-0.3, -0.25) is 19.2 Å². The van der Waals surface area contributed by atoms with Gasteiger partial charge in [-0.1, -0.05) is 18.9 Å². The Morgan fingerprint density at radius 2 is 2.21 bits per heavy atom. The predicted molar refractivity (Wildman–Crippen MR) is 111 cm³/mol. The van der Waals surface area contributed by atoms with Gasteiger partial charge < -0.3 is 9.84 Å². The Morgan fingerprint density at radius 1 is 1.36 bits per heavy atom. The molecule has 2 heterocycles. The number of carbonyl (C=O) groups excluding carboxylic acids is 1. The number of aromatic nitrogens is 1. The molecule has 1 aliphatic heterocycles. The van der Waals surface area contributed by atoms with Crippen molar-refractivity contribution in [1.82, 2.24) is 15.1 Å². The van der Waals surface area contributed by atoms with Gasteiger partial charge in [0.1, 0.15) is 0 Å². The summed E-state index contributed by atoms with van der Waals surface area (Å²) in [6, 6.07) is 3.73. The van der Waals surface area contributed by atoms with Crippen LogP contribution in [-0.4, -0.2) is 48.2 Å². The highest BCUT2D eigenvalue weighted by Gasteiger charge is 2.33. The molecule has 0 radical (unpaired) electrons. The number of pyridine rings is 1. The lowest BCUT2D eigenvalue weighted by Gasteiger charge is -2.32. The number of unbranched alkanes of at least 4 members (excludes halogenated alkanes) is 3. The number of rotatable bonds is 12. The molecule has 1 amide bonds. The molecule has 2 rings (SSSR count). The maximum absolute atomic E-state index is 13.0. The Kier molecular flexibility index (Phi) is 10.4. The molecule has 1 fully saturated rings. The van der Waals surface area contributed by atoms with Crippen LogP contribution in [0.2, 0.25) is 0 Å². The van der Waals surface area contributed by atoms with Crippen molar-refractivity contribution in [3.05, 3.63) is 36.2 Å². The van der Waals surface area contributed by atoms with Gasteiger partial charge in [-0.05, 0) is 50.3 Å². The Morgan fingerprint density at radius 3 is 2.93 bits per heavy atom. The maximum atomic E-state index is 13.0. The number of amides is 1. The van der Waals surface area contributed by atoms with Crippen molar-refractivity contribution in [3.8, 4) is 0 Å². The van der Waals surface area contributed by atoms with Gasteiger partial charge in [0, 0.05) is 37.7 Å². The van der Waals surface area contributed by atoms with Crippen LogP contribution in [0.25, 0.3) is 6.08 Å². The van der Waals surface area contributed by atoms with Gasteiger partial charge in [0.05, 0.1) is 13.2 Å². The van der Waals surface area contributed by atoms with E-state index in [4.69, 9.17) is 9.36 Å². The number of nitrogens with zero attached hydrogens (tertiary/aromatic N) is 2. The van der Waals surface area contributed by atoms with E-state index in [1.165, 1.54) is 6.08 Å². The van der Waals surface area contributed by atoms with Gasteiger partial charge in [0.15, 0.2) is 0 Å². The molecule has 156 valence electrons. The van der Waals surface area contributed by atoms with Crippen LogP contribution in [0.1, 0.15) is 51.0 Å². The second-order valence-corrected chi connectivity index (χ2v) is 9.15. The summed E-state index contributed by atoms with van der Waals surface area (Å²) < 4.78 is 18.6. The van der Waals surface area contributed by atoms with Gasteiger partial charge in [0.2, 0.25) is 5.91 Å². The first-order valence-corrected chi connectivity index (χ1v) is 11.9. The van der Waals surface area contributed by atoms with Crippen molar-refractivity contribution < 1.29 is 18.7 Å². The Labute approximate surface area is 168 Å². The van der Waals surface area contributed by atoms with Crippen LogP contribution in [0.5, 0.6) is 0 Å². The average molecular weight is 409 g/mol. The van der Waals surface area contributed by atoms with Crippen molar-refractivity contribution in [2.45, 2.75) is 45.4 Å². The average Bonchev–Trinajstić information content (AvgIpc) is 2.73. The summed E-state index contributed by atoms with van der Waals surface area (Å²) in [5.74, 6) is -0.105. The molecule has 1 aromatic rings. The summed E-state index contributed by atoms with van der Waals surface area (Å²) in [5.41, 5.74) is 0.897. The molecular weight excluding hydrogens is 377 g/mol. The SMILES string of the molecule is CCOP(=O)(CCCCCCNC(=O)/C=C/c1cccnc1)N1CCCCO1. The first-order valence-electron chi connectivity index (χ1n) is 10.1. The molecule has 7 nitrogen and oxygen atoms in total. The zero-order chi connectivity index (χ0) is 20.1. The quantitative estimate of drug-likeness (QED) is 0.319. The van der Waals surface area contributed by atoms with E-state index >= 15 is 0 Å². The molecule has 0 aromatic carbocycles. The summed E-state index contributed by atoms with van der Waals surface area (Å²) in [5, 5.41) is 2.88. The molecule has 1 N–H and O–H groups in total. The largest absolute Gasteiger partial charge is 0.353 e. The normalized spacial score (nSPS) is 17.5. The number of hydrogen-bond donors (Lipinski definition) is 1. The van der Waals surface area contributed by atoms with Crippen LogP contribution in [-0.2, 0) is 18.7 Å². The molecule has 8 heteroatoms. The van der Waals surface area contributed by atoms with Crippen molar-refractivity contribution in [2.24, 2.45) is 0 Å². The minimum absolute atomic E-state index is 0.105. The molecule has 1 aliphatic rings. The highest BCUT2D eigenvalue weighted by molar-refractivity contribution is 7.56. The zero-order valence-corrected chi connectivity index (χ0v) is 17.6. The maximum Gasteiger partial charge on any atom is 0.294 e. The van der Waals surface area contributed by atoms with E-state index < -0.39 is 7.52 Å². The standard InChI is InChI=1S/C20H32N3O4P/c1-2-27-28(25,23-15-6-7-16-26-23)17-8-4-3-5-14-22-20(24)12-11-19-10-9-13-21-18-19/h9-13,18H,2-8,14-17H2,1H3,(H,22,24)/b12-11+. The van der Waals surface area contributed by atoms with E-state index in [2.05, 4.69) is 10.3 Å². The Hall–Kier alpha value is -1.53. The minimum atomic E-state index is -2.88. The fraction of sp³-hybridized carbons (Fsp3) is 0.600. The number of nitrogens with one attached hydrogen (secondary N) is 1. The molecule has 0 aliphatic carbocycles.